The van der Waals surface area contributed by atoms with Gasteiger partial charge in [-0.3, -0.25) is 24.8 Å². The quantitative estimate of drug-likeness (QED) is 0.467. The van der Waals surface area contributed by atoms with Crippen LogP contribution in [0.3, 0.4) is 0 Å². The summed E-state index contributed by atoms with van der Waals surface area (Å²) in [4.78, 5) is 29.6. The third-order valence-corrected chi connectivity index (χ3v) is 4.87. The Hall–Kier alpha value is -3.04. The highest BCUT2D eigenvalue weighted by atomic mass is 16.6. The number of nitro benzene ring substituents is 1. The smallest absolute Gasteiger partial charge is 0.296 e. The number of nitrogens with one attached hydrogen (secondary N) is 1. The van der Waals surface area contributed by atoms with Crippen LogP contribution in [0.5, 0.6) is 11.5 Å². The van der Waals surface area contributed by atoms with Crippen LogP contribution in [-0.4, -0.2) is 60.5 Å². The number of rotatable bonds is 10. The van der Waals surface area contributed by atoms with Crippen molar-refractivity contribution in [1.29, 1.82) is 0 Å². The molecule has 1 saturated heterocycles. The average Bonchev–Trinajstić information content (AvgIpc) is 2.74. The van der Waals surface area contributed by atoms with Gasteiger partial charge in [0.2, 0.25) is 0 Å². The van der Waals surface area contributed by atoms with Gasteiger partial charge in [0.15, 0.2) is 0 Å². The van der Waals surface area contributed by atoms with Crippen molar-refractivity contribution in [2.45, 2.75) is 19.3 Å². The number of ether oxygens (including phenoxy) is 2. The Morgan fingerprint density at radius 1 is 1.27 bits per heavy atom. The summed E-state index contributed by atoms with van der Waals surface area (Å²) in [5, 5.41) is 14.0. The molecule has 9 heteroatoms. The van der Waals surface area contributed by atoms with Crippen molar-refractivity contribution in [3.63, 3.8) is 0 Å². The van der Waals surface area contributed by atoms with E-state index in [4.69, 9.17) is 9.47 Å². The molecule has 0 bridgehead atoms. The van der Waals surface area contributed by atoms with Crippen molar-refractivity contribution >= 4 is 17.2 Å². The first-order valence-electron chi connectivity index (χ1n) is 9.96. The summed E-state index contributed by atoms with van der Waals surface area (Å²) in [6.45, 7) is 4.25. The monoisotopic (exact) mass is 414 g/mol. The maximum Gasteiger partial charge on any atom is 0.296 e. The van der Waals surface area contributed by atoms with E-state index < -0.39 is 4.92 Å². The summed E-state index contributed by atoms with van der Waals surface area (Å²) in [5.74, 6) is 0.948. The third-order valence-electron chi connectivity index (χ3n) is 4.87. The number of ketones is 1. The fraction of sp³-hybridized carbons (Fsp3) is 0.429. The van der Waals surface area contributed by atoms with Crippen molar-refractivity contribution in [3.05, 3.63) is 52.3 Å². The lowest BCUT2D eigenvalue weighted by atomic mass is 10.1. The zero-order valence-electron chi connectivity index (χ0n) is 17.0. The molecule has 0 aliphatic carbocycles. The molecule has 2 heterocycles. The minimum atomic E-state index is -0.466. The molecule has 2 aromatic rings. The van der Waals surface area contributed by atoms with Gasteiger partial charge in [0.25, 0.3) is 5.69 Å². The van der Waals surface area contributed by atoms with Crippen molar-refractivity contribution in [2.75, 3.05) is 45.2 Å². The maximum absolute atomic E-state index is 12.3. The molecule has 0 amide bonds. The number of benzene rings is 1. The van der Waals surface area contributed by atoms with Crippen molar-refractivity contribution in [1.82, 2.24) is 9.88 Å². The lowest BCUT2D eigenvalue weighted by molar-refractivity contribution is -0.384. The van der Waals surface area contributed by atoms with Crippen LogP contribution in [0.2, 0.25) is 0 Å². The molecule has 0 spiro atoms. The molecule has 0 radical (unpaired) electrons. The highest BCUT2D eigenvalue weighted by molar-refractivity contribution is 5.80. The van der Waals surface area contributed by atoms with E-state index in [1.807, 2.05) is 0 Å². The summed E-state index contributed by atoms with van der Waals surface area (Å²) in [6, 6.07) is 7.95. The van der Waals surface area contributed by atoms with Gasteiger partial charge in [0.05, 0.1) is 29.9 Å². The fourth-order valence-electron chi connectivity index (χ4n) is 3.30. The van der Waals surface area contributed by atoms with Crippen LogP contribution in [0.25, 0.3) is 0 Å². The zero-order chi connectivity index (χ0) is 21.3. The van der Waals surface area contributed by atoms with E-state index in [0.29, 0.717) is 29.3 Å². The van der Waals surface area contributed by atoms with Crippen LogP contribution >= 0.6 is 0 Å². The van der Waals surface area contributed by atoms with Gasteiger partial charge in [-0.2, -0.15) is 0 Å². The molecule has 0 atom stereocenters. The van der Waals surface area contributed by atoms with Gasteiger partial charge < -0.3 is 14.8 Å². The number of nitro groups is 1. The number of hydrogen-bond acceptors (Lipinski definition) is 8. The Balaban J connectivity index is 1.54. The second-order valence-corrected chi connectivity index (χ2v) is 7.04. The molecule has 30 heavy (non-hydrogen) atoms. The molecule has 1 aliphatic rings. The average molecular weight is 414 g/mol. The van der Waals surface area contributed by atoms with Crippen LogP contribution in [-0.2, 0) is 16.0 Å². The summed E-state index contributed by atoms with van der Waals surface area (Å²) in [5.41, 5.74) is 0.954. The molecule has 1 aromatic heterocycles. The van der Waals surface area contributed by atoms with Gasteiger partial charge in [-0.05, 0) is 31.2 Å². The Labute approximate surface area is 175 Å². The van der Waals surface area contributed by atoms with Gasteiger partial charge >= 0.3 is 0 Å². The molecule has 3 rings (SSSR count). The maximum atomic E-state index is 12.3. The van der Waals surface area contributed by atoms with E-state index in [1.54, 1.807) is 37.5 Å². The highest BCUT2D eigenvalue weighted by Gasteiger charge is 2.15. The van der Waals surface area contributed by atoms with E-state index in [0.717, 1.165) is 39.3 Å². The largest absolute Gasteiger partial charge is 0.457 e. The Bertz CT molecular complexity index is 883. The van der Waals surface area contributed by atoms with E-state index >= 15 is 0 Å². The van der Waals surface area contributed by atoms with E-state index in [-0.39, 0.29) is 17.9 Å². The van der Waals surface area contributed by atoms with Crippen molar-refractivity contribution < 1.29 is 19.2 Å². The van der Waals surface area contributed by atoms with Crippen LogP contribution < -0.4 is 10.1 Å². The first kappa shape index (κ1) is 21.7. The minimum Gasteiger partial charge on any atom is -0.457 e. The SMILES string of the molecule is CNc1ccc(Oc2ccnc(CC(=O)CCCN3CCOCC3)c2)cc1[N+](=O)[O-]. The second-order valence-electron chi connectivity index (χ2n) is 7.04. The lowest BCUT2D eigenvalue weighted by Gasteiger charge is -2.26. The predicted molar refractivity (Wildman–Crippen MR) is 112 cm³/mol. The number of Topliss-reactive ketones (excluding diaryl/α,β-unsaturated/α-hetero) is 1. The van der Waals surface area contributed by atoms with Crippen LogP contribution in [0, 0.1) is 10.1 Å². The number of pyridine rings is 1. The first-order chi connectivity index (χ1) is 14.5. The normalized spacial score (nSPS) is 14.3. The predicted octanol–water partition coefficient (Wildman–Crippen LogP) is 3.05. The standard InChI is InChI=1S/C21H26N4O5/c1-22-20-5-4-18(15-21(20)25(27)28)30-19-6-7-23-16(14-19)13-17(26)3-2-8-24-9-11-29-12-10-24/h4-7,14-15,22H,2-3,8-13H2,1H3. The lowest BCUT2D eigenvalue weighted by Crippen LogP contribution is -2.37. The molecule has 1 fully saturated rings. The highest BCUT2D eigenvalue weighted by Crippen LogP contribution is 2.31. The number of hydrogen-bond donors (Lipinski definition) is 1. The Morgan fingerprint density at radius 2 is 2.03 bits per heavy atom. The second kappa shape index (κ2) is 10.7. The summed E-state index contributed by atoms with van der Waals surface area (Å²) >= 11 is 0. The van der Waals surface area contributed by atoms with E-state index in [9.17, 15) is 14.9 Å². The van der Waals surface area contributed by atoms with Crippen molar-refractivity contribution in [3.8, 4) is 11.5 Å². The number of anilines is 1. The number of carbonyl (C=O) groups is 1. The molecule has 1 aliphatic heterocycles. The van der Waals surface area contributed by atoms with Gasteiger partial charge in [0.1, 0.15) is 23.0 Å². The zero-order valence-corrected chi connectivity index (χ0v) is 17.0. The van der Waals surface area contributed by atoms with Gasteiger partial charge in [-0.1, -0.05) is 0 Å². The van der Waals surface area contributed by atoms with Crippen molar-refractivity contribution in [2.24, 2.45) is 0 Å². The number of nitrogens with zero attached hydrogens (tertiary/aromatic N) is 3. The van der Waals surface area contributed by atoms with Gasteiger partial charge in [-0.25, -0.2) is 0 Å². The van der Waals surface area contributed by atoms with E-state index in [2.05, 4.69) is 15.2 Å². The van der Waals surface area contributed by atoms with Crippen LogP contribution in [0.15, 0.2) is 36.5 Å². The molecular formula is C21H26N4O5. The molecule has 160 valence electrons. The molecule has 9 nitrogen and oxygen atoms in total. The number of morpholine rings is 1. The third kappa shape index (κ3) is 6.23. The van der Waals surface area contributed by atoms with Gasteiger partial charge in [-0.15, -0.1) is 0 Å². The van der Waals surface area contributed by atoms with E-state index in [1.165, 1.54) is 6.07 Å². The van der Waals surface area contributed by atoms with Crippen LogP contribution in [0.4, 0.5) is 11.4 Å². The molecular weight excluding hydrogens is 388 g/mol. The molecule has 0 unspecified atom stereocenters. The topological polar surface area (TPSA) is 107 Å². The summed E-state index contributed by atoms with van der Waals surface area (Å²) in [6.07, 6.45) is 3.12. The number of carbonyl (C=O) groups excluding carboxylic acids is 1. The molecule has 0 saturated carbocycles. The minimum absolute atomic E-state index is 0.0697. The Morgan fingerprint density at radius 3 is 2.77 bits per heavy atom. The first-order valence-corrected chi connectivity index (χ1v) is 9.96. The summed E-state index contributed by atoms with van der Waals surface area (Å²) < 4.78 is 11.1. The molecule has 1 aromatic carbocycles. The van der Waals surface area contributed by atoms with Crippen LogP contribution in [0.1, 0.15) is 18.5 Å². The Kier molecular flexibility index (Phi) is 7.69. The fourth-order valence-corrected chi connectivity index (χ4v) is 3.30. The van der Waals surface area contributed by atoms with Gasteiger partial charge in [0, 0.05) is 45.2 Å². The molecule has 1 N–H and O–H groups in total. The number of aromatic nitrogens is 1. The summed E-state index contributed by atoms with van der Waals surface area (Å²) in [7, 11) is 1.62.